The minimum Gasteiger partial charge on any atom is -0.351 e. The molecule has 1 aliphatic rings. The summed E-state index contributed by atoms with van der Waals surface area (Å²) in [6, 6.07) is 11.4. The Bertz CT molecular complexity index is 903. The SMILES string of the molecule is O=C(NCc1cccc(Br)c1)C1CCCN1S(=O)(=O)c1ccc(F)cc1. The van der Waals surface area contributed by atoms with Crippen LogP contribution in [0, 0.1) is 5.82 Å². The summed E-state index contributed by atoms with van der Waals surface area (Å²) in [5.41, 5.74) is 0.915. The summed E-state index contributed by atoms with van der Waals surface area (Å²) in [4.78, 5) is 12.5. The molecule has 138 valence electrons. The van der Waals surface area contributed by atoms with Gasteiger partial charge in [0.05, 0.1) is 4.90 Å². The number of nitrogens with zero attached hydrogens (tertiary/aromatic N) is 1. The average molecular weight is 441 g/mol. The summed E-state index contributed by atoms with van der Waals surface area (Å²) < 4.78 is 40.8. The lowest BCUT2D eigenvalue weighted by molar-refractivity contribution is -0.124. The lowest BCUT2D eigenvalue weighted by atomic mass is 10.2. The molecule has 1 amide bonds. The van der Waals surface area contributed by atoms with Crippen LogP contribution in [-0.4, -0.2) is 31.2 Å². The summed E-state index contributed by atoms with van der Waals surface area (Å²) in [6.07, 6.45) is 1.07. The van der Waals surface area contributed by atoms with E-state index in [0.717, 1.165) is 22.2 Å². The molecule has 26 heavy (non-hydrogen) atoms. The molecule has 1 N–H and O–H groups in total. The number of benzene rings is 2. The molecule has 0 radical (unpaired) electrons. The van der Waals surface area contributed by atoms with Crippen molar-refractivity contribution in [2.45, 2.75) is 30.3 Å². The van der Waals surface area contributed by atoms with E-state index in [-0.39, 0.29) is 17.3 Å². The summed E-state index contributed by atoms with van der Waals surface area (Å²) in [5.74, 6) is -0.832. The van der Waals surface area contributed by atoms with Crippen molar-refractivity contribution in [1.82, 2.24) is 9.62 Å². The second kappa shape index (κ2) is 7.85. The van der Waals surface area contributed by atoms with E-state index in [1.807, 2.05) is 24.3 Å². The minimum atomic E-state index is -3.84. The third kappa shape index (κ3) is 4.13. The van der Waals surface area contributed by atoms with Gasteiger partial charge in [0.15, 0.2) is 0 Å². The van der Waals surface area contributed by atoms with Gasteiger partial charge < -0.3 is 5.32 Å². The third-order valence-corrected chi connectivity index (χ3v) is 6.70. The van der Waals surface area contributed by atoms with Crippen LogP contribution in [0.25, 0.3) is 0 Å². The number of carbonyl (C=O) groups excluding carboxylic acids is 1. The smallest absolute Gasteiger partial charge is 0.243 e. The van der Waals surface area contributed by atoms with Crippen molar-refractivity contribution in [3.63, 3.8) is 0 Å². The molecule has 1 unspecified atom stereocenters. The van der Waals surface area contributed by atoms with Gasteiger partial charge in [-0.1, -0.05) is 28.1 Å². The molecule has 3 rings (SSSR count). The average Bonchev–Trinajstić information content (AvgIpc) is 3.11. The summed E-state index contributed by atoms with van der Waals surface area (Å²) >= 11 is 3.38. The Hall–Kier alpha value is -1.77. The van der Waals surface area contributed by atoms with Gasteiger partial charge in [-0.05, 0) is 54.8 Å². The first-order chi connectivity index (χ1) is 12.4. The molecule has 0 bridgehead atoms. The van der Waals surface area contributed by atoms with Crippen LogP contribution in [0.4, 0.5) is 4.39 Å². The van der Waals surface area contributed by atoms with Crippen molar-refractivity contribution in [1.29, 1.82) is 0 Å². The van der Waals surface area contributed by atoms with Crippen molar-refractivity contribution in [3.05, 3.63) is 64.4 Å². The van der Waals surface area contributed by atoms with Gasteiger partial charge in [0.2, 0.25) is 15.9 Å². The fraction of sp³-hybridized carbons (Fsp3) is 0.278. The molecular weight excluding hydrogens is 423 g/mol. The van der Waals surface area contributed by atoms with Crippen molar-refractivity contribution >= 4 is 31.9 Å². The topological polar surface area (TPSA) is 66.5 Å². The second-order valence-corrected chi connectivity index (χ2v) is 8.88. The van der Waals surface area contributed by atoms with Crippen molar-refractivity contribution in [2.24, 2.45) is 0 Å². The fourth-order valence-electron chi connectivity index (χ4n) is 2.99. The molecule has 8 heteroatoms. The maximum absolute atomic E-state index is 13.1. The lowest BCUT2D eigenvalue weighted by Gasteiger charge is -2.23. The first-order valence-electron chi connectivity index (χ1n) is 8.17. The zero-order valence-electron chi connectivity index (χ0n) is 13.9. The molecule has 0 aliphatic carbocycles. The lowest BCUT2D eigenvalue weighted by Crippen LogP contribution is -2.45. The Morgan fingerprint density at radius 1 is 1.23 bits per heavy atom. The van der Waals surface area contributed by atoms with Crippen LogP contribution in [0.5, 0.6) is 0 Å². The predicted octanol–water partition coefficient (Wildman–Crippen LogP) is 3.06. The largest absolute Gasteiger partial charge is 0.351 e. The van der Waals surface area contributed by atoms with Gasteiger partial charge in [-0.2, -0.15) is 4.31 Å². The molecule has 1 saturated heterocycles. The van der Waals surface area contributed by atoms with Crippen LogP contribution in [-0.2, 0) is 21.4 Å². The zero-order valence-corrected chi connectivity index (χ0v) is 16.3. The van der Waals surface area contributed by atoms with Gasteiger partial charge >= 0.3 is 0 Å². The van der Waals surface area contributed by atoms with E-state index >= 15 is 0 Å². The highest BCUT2D eigenvalue weighted by atomic mass is 79.9. The minimum absolute atomic E-state index is 0.00871. The van der Waals surface area contributed by atoms with Gasteiger partial charge in [-0.3, -0.25) is 4.79 Å². The molecular formula is C18H18BrFN2O3S. The number of amides is 1. The van der Waals surface area contributed by atoms with Crippen LogP contribution in [0.15, 0.2) is 57.9 Å². The number of hydrogen-bond donors (Lipinski definition) is 1. The molecule has 1 heterocycles. The van der Waals surface area contributed by atoms with E-state index in [1.165, 1.54) is 16.4 Å². The fourth-order valence-corrected chi connectivity index (χ4v) is 5.09. The van der Waals surface area contributed by atoms with E-state index in [0.29, 0.717) is 19.4 Å². The molecule has 5 nitrogen and oxygen atoms in total. The number of nitrogens with one attached hydrogen (secondary N) is 1. The molecule has 1 atom stereocenters. The van der Waals surface area contributed by atoms with Crippen LogP contribution in [0.3, 0.4) is 0 Å². The normalized spacial score (nSPS) is 18.0. The van der Waals surface area contributed by atoms with E-state index in [2.05, 4.69) is 21.2 Å². The maximum Gasteiger partial charge on any atom is 0.243 e. The Balaban J connectivity index is 1.72. The van der Waals surface area contributed by atoms with Gasteiger partial charge in [0, 0.05) is 17.6 Å². The molecule has 0 aromatic heterocycles. The van der Waals surface area contributed by atoms with E-state index in [9.17, 15) is 17.6 Å². The number of hydrogen-bond acceptors (Lipinski definition) is 3. The molecule has 1 aliphatic heterocycles. The Morgan fingerprint density at radius 2 is 1.96 bits per heavy atom. The van der Waals surface area contributed by atoms with Crippen molar-refractivity contribution < 1.29 is 17.6 Å². The standard InChI is InChI=1S/C18H18BrFN2O3S/c19-14-4-1-3-13(11-14)12-21-18(23)17-5-2-10-22(17)26(24,25)16-8-6-15(20)7-9-16/h1,3-4,6-9,11,17H,2,5,10,12H2,(H,21,23). The zero-order chi connectivity index (χ0) is 18.7. The van der Waals surface area contributed by atoms with Gasteiger partial charge in [0.1, 0.15) is 11.9 Å². The molecule has 0 saturated carbocycles. The summed E-state index contributed by atoms with van der Waals surface area (Å²) in [6.45, 7) is 0.591. The van der Waals surface area contributed by atoms with Gasteiger partial charge in [-0.25, -0.2) is 12.8 Å². The molecule has 1 fully saturated rings. The monoisotopic (exact) mass is 440 g/mol. The molecule has 2 aromatic rings. The molecule has 2 aromatic carbocycles. The maximum atomic E-state index is 13.1. The first kappa shape index (κ1) is 19.0. The number of halogens is 2. The van der Waals surface area contributed by atoms with E-state index < -0.39 is 21.9 Å². The van der Waals surface area contributed by atoms with Crippen LogP contribution in [0.2, 0.25) is 0 Å². The Kier molecular flexibility index (Phi) is 5.74. The Labute approximate surface area is 160 Å². The number of sulfonamides is 1. The van der Waals surface area contributed by atoms with Crippen LogP contribution >= 0.6 is 15.9 Å². The number of rotatable bonds is 5. The van der Waals surface area contributed by atoms with E-state index in [1.54, 1.807) is 0 Å². The highest BCUT2D eigenvalue weighted by Crippen LogP contribution is 2.26. The second-order valence-electron chi connectivity index (χ2n) is 6.08. The third-order valence-electron chi connectivity index (χ3n) is 4.28. The summed E-state index contributed by atoms with van der Waals surface area (Å²) in [5, 5.41) is 2.80. The highest BCUT2D eigenvalue weighted by Gasteiger charge is 2.39. The highest BCUT2D eigenvalue weighted by molar-refractivity contribution is 9.10. The van der Waals surface area contributed by atoms with Crippen LogP contribution in [0.1, 0.15) is 18.4 Å². The molecule has 0 spiro atoms. The van der Waals surface area contributed by atoms with Crippen molar-refractivity contribution in [3.8, 4) is 0 Å². The summed E-state index contributed by atoms with van der Waals surface area (Å²) in [7, 11) is -3.84. The quantitative estimate of drug-likeness (QED) is 0.776. The van der Waals surface area contributed by atoms with Crippen molar-refractivity contribution in [2.75, 3.05) is 6.54 Å². The first-order valence-corrected chi connectivity index (χ1v) is 10.4. The van der Waals surface area contributed by atoms with E-state index in [4.69, 9.17) is 0 Å². The van der Waals surface area contributed by atoms with Gasteiger partial charge in [-0.15, -0.1) is 0 Å². The Morgan fingerprint density at radius 3 is 2.65 bits per heavy atom. The van der Waals surface area contributed by atoms with Gasteiger partial charge in [0.25, 0.3) is 0 Å². The number of carbonyl (C=O) groups is 1. The van der Waals surface area contributed by atoms with Crippen LogP contribution < -0.4 is 5.32 Å². The predicted molar refractivity (Wildman–Crippen MR) is 99.3 cm³/mol.